The lowest BCUT2D eigenvalue weighted by Gasteiger charge is -2.33. The molecule has 2 aliphatic rings. The quantitative estimate of drug-likeness (QED) is 0.836. The summed E-state index contributed by atoms with van der Waals surface area (Å²) in [6.07, 6.45) is -0.0957. The van der Waals surface area contributed by atoms with E-state index >= 15 is 0 Å². The zero-order chi connectivity index (χ0) is 16.4. The second-order valence-corrected chi connectivity index (χ2v) is 6.35. The van der Waals surface area contributed by atoms with E-state index in [1.807, 2.05) is 12.1 Å². The highest BCUT2D eigenvalue weighted by Crippen LogP contribution is 2.29. The molecule has 0 aliphatic carbocycles. The van der Waals surface area contributed by atoms with Crippen LogP contribution in [0.5, 0.6) is 0 Å². The average molecular weight is 358 g/mol. The van der Waals surface area contributed by atoms with Crippen LogP contribution in [-0.4, -0.2) is 61.1 Å². The molecule has 124 valence electrons. The van der Waals surface area contributed by atoms with Crippen LogP contribution in [0.15, 0.2) is 18.2 Å². The van der Waals surface area contributed by atoms with Gasteiger partial charge in [0.05, 0.1) is 29.3 Å². The van der Waals surface area contributed by atoms with Gasteiger partial charge in [0.2, 0.25) is 5.91 Å². The fourth-order valence-corrected chi connectivity index (χ4v) is 3.05. The molecule has 2 aliphatic heterocycles. The van der Waals surface area contributed by atoms with E-state index < -0.39 is 0 Å². The molecule has 3 amide bonds. The third-order valence-corrected chi connectivity index (χ3v) is 4.78. The van der Waals surface area contributed by atoms with Crippen molar-refractivity contribution in [2.45, 2.75) is 6.10 Å². The monoisotopic (exact) mass is 357 g/mol. The number of halogens is 2. The third kappa shape index (κ3) is 3.77. The molecule has 3 rings (SSSR count). The number of ether oxygens (including phenoxy) is 1. The Bertz CT molecular complexity index is 610. The fourth-order valence-electron chi connectivity index (χ4n) is 2.74. The minimum absolute atomic E-state index is 0.0911. The summed E-state index contributed by atoms with van der Waals surface area (Å²) in [4.78, 5) is 26.6. The molecule has 0 radical (unpaired) electrons. The molecule has 1 aromatic carbocycles. The average Bonchev–Trinajstić information content (AvgIpc) is 2.87. The normalized spacial score (nSPS) is 22.5. The van der Waals surface area contributed by atoms with Gasteiger partial charge < -0.3 is 10.1 Å². The van der Waals surface area contributed by atoms with E-state index in [9.17, 15) is 9.59 Å². The van der Waals surface area contributed by atoms with Crippen molar-refractivity contribution >= 4 is 35.1 Å². The lowest BCUT2D eigenvalue weighted by molar-refractivity contribution is -0.125. The molecule has 2 saturated heterocycles. The summed E-state index contributed by atoms with van der Waals surface area (Å²) in [5, 5.41) is 3.54. The van der Waals surface area contributed by atoms with Crippen molar-refractivity contribution in [3.8, 4) is 0 Å². The minimum atomic E-state index is -0.315. The van der Waals surface area contributed by atoms with E-state index in [1.165, 1.54) is 4.90 Å². The van der Waals surface area contributed by atoms with E-state index in [1.54, 1.807) is 6.07 Å². The van der Waals surface area contributed by atoms with Crippen LogP contribution in [0, 0.1) is 0 Å². The maximum absolute atomic E-state index is 11.6. The number of carbonyl (C=O) groups excluding carboxylic acids is 2. The number of urea groups is 1. The molecule has 6 nitrogen and oxygen atoms in total. The van der Waals surface area contributed by atoms with E-state index in [4.69, 9.17) is 27.9 Å². The lowest BCUT2D eigenvalue weighted by atomic mass is 10.1. The third-order valence-electron chi connectivity index (χ3n) is 4.04. The van der Waals surface area contributed by atoms with Crippen molar-refractivity contribution in [1.82, 2.24) is 15.1 Å². The number of carbonyl (C=O) groups is 2. The largest absolute Gasteiger partial charge is 0.371 e. The number of nitrogens with one attached hydrogen (secondary N) is 1. The highest BCUT2D eigenvalue weighted by molar-refractivity contribution is 6.42. The number of hydrogen-bond acceptors (Lipinski definition) is 4. The van der Waals surface area contributed by atoms with Crippen LogP contribution in [0.2, 0.25) is 10.0 Å². The van der Waals surface area contributed by atoms with E-state index in [2.05, 4.69) is 10.2 Å². The molecule has 0 aromatic heterocycles. The van der Waals surface area contributed by atoms with Crippen molar-refractivity contribution < 1.29 is 14.3 Å². The molecule has 1 N–H and O–H groups in total. The highest BCUT2D eigenvalue weighted by atomic mass is 35.5. The second kappa shape index (κ2) is 7.05. The SMILES string of the molecule is O=C1CNC(=O)N1CCN1CCOC(c2ccc(Cl)c(Cl)c2)C1. The standard InChI is InChI=1S/C15H17Cl2N3O3/c16-11-2-1-10(7-12(11)17)13-9-19(5-6-23-13)3-4-20-14(21)8-18-15(20)22/h1-2,7,13H,3-6,8-9H2,(H,18,22). The smallest absolute Gasteiger partial charge is 0.324 e. The molecule has 0 bridgehead atoms. The first-order valence-corrected chi connectivity index (χ1v) is 8.17. The van der Waals surface area contributed by atoms with Crippen LogP contribution in [-0.2, 0) is 9.53 Å². The van der Waals surface area contributed by atoms with E-state index in [0.717, 1.165) is 12.1 Å². The predicted octanol–water partition coefficient (Wildman–Crippen LogP) is 1.92. The first-order chi connectivity index (χ1) is 11.0. The number of morpholine rings is 1. The van der Waals surface area contributed by atoms with Crippen LogP contribution in [0.4, 0.5) is 4.79 Å². The Kier molecular flexibility index (Phi) is 5.06. The van der Waals surface area contributed by atoms with Crippen LogP contribution in [0.1, 0.15) is 11.7 Å². The summed E-state index contributed by atoms with van der Waals surface area (Å²) in [7, 11) is 0. The van der Waals surface area contributed by atoms with Gasteiger partial charge in [-0.3, -0.25) is 14.6 Å². The Morgan fingerprint density at radius 2 is 2.04 bits per heavy atom. The van der Waals surface area contributed by atoms with Gasteiger partial charge in [-0.05, 0) is 17.7 Å². The van der Waals surface area contributed by atoms with Gasteiger partial charge in [0.15, 0.2) is 0 Å². The van der Waals surface area contributed by atoms with Crippen LogP contribution in [0.3, 0.4) is 0 Å². The van der Waals surface area contributed by atoms with Gasteiger partial charge >= 0.3 is 6.03 Å². The van der Waals surface area contributed by atoms with Gasteiger partial charge in [-0.2, -0.15) is 0 Å². The molecule has 2 heterocycles. The van der Waals surface area contributed by atoms with E-state index in [0.29, 0.717) is 36.3 Å². The Hall–Kier alpha value is -1.34. The first-order valence-electron chi connectivity index (χ1n) is 7.41. The van der Waals surface area contributed by atoms with Gasteiger partial charge in [0.25, 0.3) is 0 Å². The summed E-state index contributed by atoms with van der Waals surface area (Å²) in [6.45, 7) is 3.14. The predicted molar refractivity (Wildman–Crippen MR) is 86.7 cm³/mol. The summed E-state index contributed by atoms with van der Waals surface area (Å²) < 4.78 is 5.80. The molecule has 0 spiro atoms. The second-order valence-electron chi connectivity index (χ2n) is 5.54. The first kappa shape index (κ1) is 16.5. The van der Waals surface area contributed by atoms with Crippen molar-refractivity contribution in [2.24, 2.45) is 0 Å². The Morgan fingerprint density at radius 1 is 1.22 bits per heavy atom. The number of nitrogens with zero attached hydrogens (tertiary/aromatic N) is 2. The van der Waals surface area contributed by atoms with Crippen molar-refractivity contribution in [3.63, 3.8) is 0 Å². The molecule has 2 fully saturated rings. The summed E-state index contributed by atoms with van der Waals surface area (Å²) in [5.74, 6) is -0.177. The van der Waals surface area contributed by atoms with Gasteiger partial charge in [0.1, 0.15) is 0 Å². The number of benzene rings is 1. The van der Waals surface area contributed by atoms with E-state index in [-0.39, 0.29) is 24.6 Å². The number of rotatable bonds is 4. The summed E-state index contributed by atoms with van der Waals surface area (Å²) in [5.41, 5.74) is 0.971. The zero-order valence-electron chi connectivity index (χ0n) is 12.4. The molecule has 1 atom stereocenters. The van der Waals surface area contributed by atoms with Crippen molar-refractivity contribution in [2.75, 3.05) is 39.3 Å². The Morgan fingerprint density at radius 3 is 2.74 bits per heavy atom. The minimum Gasteiger partial charge on any atom is -0.371 e. The molecule has 8 heteroatoms. The highest BCUT2D eigenvalue weighted by Gasteiger charge is 2.29. The number of imide groups is 1. The van der Waals surface area contributed by atoms with Gasteiger partial charge in [-0.25, -0.2) is 4.79 Å². The molecule has 1 unspecified atom stereocenters. The maximum Gasteiger partial charge on any atom is 0.324 e. The topological polar surface area (TPSA) is 61.9 Å². The van der Waals surface area contributed by atoms with Crippen LogP contribution in [0.25, 0.3) is 0 Å². The van der Waals surface area contributed by atoms with Crippen molar-refractivity contribution in [3.05, 3.63) is 33.8 Å². The van der Waals surface area contributed by atoms with Gasteiger partial charge in [-0.15, -0.1) is 0 Å². The molecule has 1 aromatic rings. The molecular weight excluding hydrogens is 341 g/mol. The molecular formula is C15H17Cl2N3O3. The summed E-state index contributed by atoms with van der Waals surface area (Å²) in [6, 6.07) is 5.16. The summed E-state index contributed by atoms with van der Waals surface area (Å²) >= 11 is 12.0. The van der Waals surface area contributed by atoms with Gasteiger partial charge in [0, 0.05) is 26.2 Å². The zero-order valence-corrected chi connectivity index (χ0v) is 13.9. The fraction of sp³-hybridized carbons (Fsp3) is 0.467. The number of amides is 3. The molecule has 0 saturated carbocycles. The number of hydrogen-bond donors (Lipinski definition) is 1. The van der Waals surface area contributed by atoms with Crippen LogP contribution >= 0.6 is 23.2 Å². The lowest BCUT2D eigenvalue weighted by Crippen LogP contribution is -2.44. The Balaban J connectivity index is 1.58. The van der Waals surface area contributed by atoms with Crippen molar-refractivity contribution in [1.29, 1.82) is 0 Å². The van der Waals surface area contributed by atoms with Crippen LogP contribution < -0.4 is 5.32 Å². The van der Waals surface area contributed by atoms with Gasteiger partial charge in [-0.1, -0.05) is 29.3 Å². The Labute approximate surface area is 144 Å². The molecule has 23 heavy (non-hydrogen) atoms. The maximum atomic E-state index is 11.6.